The maximum atomic E-state index is 9.06. The second-order valence-corrected chi connectivity index (χ2v) is 3.36. The van der Waals surface area contributed by atoms with Crippen molar-refractivity contribution in [2.45, 2.75) is 25.3 Å². The second kappa shape index (κ2) is 3.69. The summed E-state index contributed by atoms with van der Waals surface area (Å²) in [5.41, 5.74) is 0. The van der Waals surface area contributed by atoms with E-state index < -0.39 is 0 Å². The third kappa shape index (κ3) is 1.77. The Labute approximate surface area is 75.7 Å². The van der Waals surface area contributed by atoms with Gasteiger partial charge in [-0.1, -0.05) is 11.5 Å². The summed E-state index contributed by atoms with van der Waals surface area (Å²) in [6, 6.07) is 0.294. The molecule has 0 amide bonds. The molecule has 1 aromatic rings. The standard InChI is InChI=1S/C7H13N5O/c13-4-5-2-1-3-6(5)8-7-9-11-12-10-7/h5-6,13H,1-4H2,(H2,8,9,10,11,12). The van der Waals surface area contributed by atoms with E-state index >= 15 is 0 Å². The second-order valence-electron chi connectivity index (χ2n) is 3.36. The van der Waals surface area contributed by atoms with Crippen LogP contribution in [0.5, 0.6) is 0 Å². The van der Waals surface area contributed by atoms with Crippen LogP contribution in [0.4, 0.5) is 5.95 Å². The van der Waals surface area contributed by atoms with E-state index in [1.54, 1.807) is 0 Å². The van der Waals surface area contributed by atoms with Gasteiger partial charge in [0.2, 0.25) is 0 Å². The number of nitrogens with zero attached hydrogens (tertiary/aromatic N) is 3. The topological polar surface area (TPSA) is 86.7 Å². The zero-order chi connectivity index (χ0) is 9.10. The highest BCUT2D eigenvalue weighted by atomic mass is 16.3. The molecular weight excluding hydrogens is 170 g/mol. The first-order chi connectivity index (χ1) is 6.40. The van der Waals surface area contributed by atoms with Gasteiger partial charge in [0, 0.05) is 18.6 Å². The van der Waals surface area contributed by atoms with Gasteiger partial charge in [-0.15, -0.1) is 5.10 Å². The number of aliphatic hydroxyl groups excluding tert-OH is 1. The van der Waals surface area contributed by atoms with Crippen molar-refractivity contribution in [3.8, 4) is 0 Å². The Hall–Kier alpha value is -1.17. The SMILES string of the molecule is OCC1CCCC1Nc1nn[nH]n1. The molecule has 13 heavy (non-hydrogen) atoms. The van der Waals surface area contributed by atoms with Crippen LogP contribution in [0.1, 0.15) is 19.3 Å². The van der Waals surface area contributed by atoms with Crippen LogP contribution in [0.25, 0.3) is 0 Å². The minimum Gasteiger partial charge on any atom is -0.396 e. The summed E-state index contributed by atoms with van der Waals surface area (Å²) in [4.78, 5) is 0. The monoisotopic (exact) mass is 183 g/mol. The molecule has 72 valence electrons. The van der Waals surface area contributed by atoms with E-state index in [2.05, 4.69) is 25.9 Å². The minimum absolute atomic E-state index is 0.232. The molecule has 2 atom stereocenters. The highest BCUT2D eigenvalue weighted by Gasteiger charge is 2.27. The number of rotatable bonds is 3. The molecule has 1 saturated carbocycles. The molecule has 0 spiro atoms. The zero-order valence-corrected chi connectivity index (χ0v) is 7.27. The van der Waals surface area contributed by atoms with Crippen LogP contribution in [-0.2, 0) is 0 Å². The molecule has 0 saturated heterocycles. The van der Waals surface area contributed by atoms with Gasteiger partial charge in [-0.25, -0.2) is 0 Å². The van der Waals surface area contributed by atoms with Crippen LogP contribution in [0.3, 0.4) is 0 Å². The van der Waals surface area contributed by atoms with Gasteiger partial charge in [0.25, 0.3) is 5.95 Å². The van der Waals surface area contributed by atoms with Gasteiger partial charge in [-0.05, 0) is 18.1 Å². The van der Waals surface area contributed by atoms with E-state index in [0.29, 0.717) is 17.9 Å². The average Bonchev–Trinajstić information content (AvgIpc) is 2.76. The molecule has 1 heterocycles. The molecule has 3 N–H and O–H groups in total. The van der Waals surface area contributed by atoms with Crippen LogP contribution >= 0.6 is 0 Å². The first kappa shape index (κ1) is 8.43. The van der Waals surface area contributed by atoms with Crippen molar-refractivity contribution in [3.05, 3.63) is 0 Å². The van der Waals surface area contributed by atoms with Crippen LogP contribution in [0.15, 0.2) is 0 Å². The molecule has 6 nitrogen and oxygen atoms in total. The first-order valence-electron chi connectivity index (χ1n) is 4.51. The van der Waals surface area contributed by atoms with Crippen molar-refractivity contribution >= 4 is 5.95 Å². The Morgan fingerprint density at radius 1 is 1.54 bits per heavy atom. The number of nitrogens with one attached hydrogen (secondary N) is 2. The summed E-state index contributed by atoms with van der Waals surface area (Å²) in [7, 11) is 0. The van der Waals surface area contributed by atoms with Gasteiger partial charge in [-0.3, -0.25) is 0 Å². The van der Waals surface area contributed by atoms with Crippen molar-refractivity contribution in [2.75, 3.05) is 11.9 Å². The van der Waals surface area contributed by atoms with E-state index in [0.717, 1.165) is 19.3 Å². The van der Waals surface area contributed by atoms with Crippen molar-refractivity contribution in [1.82, 2.24) is 20.6 Å². The fraction of sp³-hybridized carbons (Fsp3) is 0.857. The number of hydrogen-bond donors (Lipinski definition) is 3. The van der Waals surface area contributed by atoms with Gasteiger partial charge >= 0.3 is 0 Å². The van der Waals surface area contributed by atoms with Gasteiger partial charge in [-0.2, -0.15) is 5.21 Å². The van der Waals surface area contributed by atoms with Gasteiger partial charge in [0.1, 0.15) is 0 Å². The smallest absolute Gasteiger partial charge is 0.263 e. The summed E-state index contributed by atoms with van der Waals surface area (Å²) in [5, 5.41) is 25.7. The van der Waals surface area contributed by atoms with Crippen LogP contribution < -0.4 is 5.32 Å². The fourth-order valence-corrected chi connectivity index (χ4v) is 1.83. The molecule has 6 heteroatoms. The van der Waals surface area contributed by atoms with E-state index in [9.17, 15) is 0 Å². The van der Waals surface area contributed by atoms with Crippen molar-refractivity contribution < 1.29 is 5.11 Å². The van der Waals surface area contributed by atoms with Crippen LogP contribution in [0.2, 0.25) is 0 Å². The fourth-order valence-electron chi connectivity index (χ4n) is 1.83. The maximum Gasteiger partial charge on any atom is 0.263 e. The Bertz CT molecular complexity index is 249. The summed E-state index contributed by atoms with van der Waals surface area (Å²) in [6.07, 6.45) is 3.30. The van der Waals surface area contributed by atoms with E-state index in [4.69, 9.17) is 5.11 Å². The Morgan fingerprint density at radius 2 is 2.46 bits per heavy atom. The molecule has 0 aliphatic heterocycles. The Kier molecular flexibility index (Phi) is 2.40. The van der Waals surface area contributed by atoms with Crippen LogP contribution in [-0.4, -0.2) is 38.4 Å². The van der Waals surface area contributed by atoms with Crippen LogP contribution in [0, 0.1) is 5.92 Å². The normalized spacial score (nSPS) is 27.8. The number of tetrazole rings is 1. The molecule has 2 unspecified atom stereocenters. The number of aliphatic hydroxyl groups is 1. The zero-order valence-electron chi connectivity index (χ0n) is 7.27. The average molecular weight is 183 g/mol. The lowest BCUT2D eigenvalue weighted by atomic mass is 10.1. The summed E-state index contributed by atoms with van der Waals surface area (Å²) in [5.74, 6) is 0.851. The number of H-pyrrole nitrogens is 1. The summed E-state index contributed by atoms with van der Waals surface area (Å²) in [6.45, 7) is 0.232. The van der Waals surface area contributed by atoms with E-state index in [1.165, 1.54) is 0 Å². The number of aromatic nitrogens is 4. The predicted molar refractivity (Wildman–Crippen MR) is 46.0 cm³/mol. The van der Waals surface area contributed by atoms with Crippen molar-refractivity contribution in [1.29, 1.82) is 0 Å². The van der Waals surface area contributed by atoms with E-state index in [1.807, 2.05) is 0 Å². The maximum absolute atomic E-state index is 9.06. The number of hydrogen-bond acceptors (Lipinski definition) is 5. The molecule has 1 fully saturated rings. The summed E-state index contributed by atoms with van der Waals surface area (Å²) < 4.78 is 0. The molecule has 0 aromatic carbocycles. The quantitative estimate of drug-likeness (QED) is 0.602. The minimum atomic E-state index is 0.232. The lowest BCUT2D eigenvalue weighted by Crippen LogP contribution is -2.26. The third-order valence-corrected chi connectivity index (χ3v) is 2.55. The molecule has 1 aromatic heterocycles. The largest absolute Gasteiger partial charge is 0.396 e. The Balaban J connectivity index is 1.94. The highest BCUT2D eigenvalue weighted by Crippen LogP contribution is 2.26. The van der Waals surface area contributed by atoms with Crippen molar-refractivity contribution in [3.63, 3.8) is 0 Å². The molecule has 0 radical (unpaired) electrons. The first-order valence-corrected chi connectivity index (χ1v) is 4.51. The lowest BCUT2D eigenvalue weighted by molar-refractivity contribution is 0.222. The molecule has 0 bridgehead atoms. The predicted octanol–water partition coefficient (Wildman–Crippen LogP) is -0.227. The third-order valence-electron chi connectivity index (χ3n) is 2.55. The number of anilines is 1. The molecule has 1 aliphatic carbocycles. The lowest BCUT2D eigenvalue weighted by Gasteiger charge is -2.17. The van der Waals surface area contributed by atoms with Gasteiger partial charge in [0.05, 0.1) is 0 Å². The van der Waals surface area contributed by atoms with Crippen molar-refractivity contribution in [2.24, 2.45) is 5.92 Å². The van der Waals surface area contributed by atoms with Gasteiger partial charge in [0.15, 0.2) is 0 Å². The molecule has 1 aliphatic rings. The molecule has 2 rings (SSSR count). The number of aromatic amines is 1. The molecular formula is C7H13N5O. The highest BCUT2D eigenvalue weighted by molar-refractivity contribution is 5.22. The summed E-state index contributed by atoms with van der Waals surface area (Å²) >= 11 is 0. The van der Waals surface area contributed by atoms with E-state index in [-0.39, 0.29) is 6.61 Å². The van der Waals surface area contributed by atoms with Gasteiger partial charge < -0.3 is 10.4 Å². The Morgan fingerprint density at radius 3 is 3.15 bits per heavy atom.